The molecule has 0 atom stereocenters. The molecule has 1 aliphatic carbocycles. The number of hydrogen-bond acceptors (Lipinski definition) is 5. The van der Waals surface area contributed by atoms with Crippen molar-refractivity contribution in [2.75, 3.05) is 17.3 Å². The summed E-state index contributed by atoms with van der Waals surface area (Å²) in [6.45, 7) is 14.7. The molecule has 0 radical (unpaired) electrons. The van der Waals surface area contributed by atoms with E-state index in [2.05, 4.69) is 34.4 Å². The first kappa shape index (κ1) is 30.9. The summed E-state index contributed by atoms with van der Waals surface area (Å²) in [6.07, 6.45) is 6.59. The minimum atomic E-state index is -1.38. The van der Waals surface area contributed by atoms with Crippen LogP contribution in [0.3, 0.4) is 0 Å². The molecule has 1 saturated carbocycles. The molecule has 40 heavy (non-hydrogen) atoms. The molecule has 216 valence electrons. The highest BCUT2D eigenvalue weighted by molar-refractivity contribution is 5.96. The fraction of sp³-hybridized carbons (Fsp3) is 0.452. The van der Waals surface area contributed by atoms with Crippen LogP contribution in [0.15, 0.2) is 62.5 Å². The zero-order chi connectivity index (χ0) is 29.8. The first-order valence-corrected chi connectivity index (χ1v) is 13.7. The number of nitrogens with one attached hydrogen (secondary N) is 2. The number of aliphatic imine (C=N–C) groups is 2. The average molecular weight is 553 g/mol. The highest BCUT2D eigenvalue weighted by Gasteiger charge is 2.34. The summed E-state index contributed by atoms with van der Waals surface area (Å²) in [5.74, 6) is 0.202. The van der Waals surface area contributed by atoms with Crippen molar-refractivity contribution in [1.29, 1.82) is 0 Å². The number of hydrogen-bond donors (Lipinski definition) is 3. The van der Waals surface area contributed by atoms with Crippen LogP contribution in [0.4, 0.5) is 20.3 Å². The molecule has 0 aliphatic heterocycles. The van der Waals surface area contributed by atoms with E-state index in [0.29, 0.717) is 17.5 Å². The molecule has 1 aromatic carbocycles. The predicted octanol–water partition coefficient (Wildman–Crippen LogP) is 7.53. The first-order valence-electron chi connectivity index (χ1n) is 13.7. The van der Waals surface area contributed by atoms with Gasteiger partial charge in [0.05, 0.1) is 11.3 Å². The Kier molecular flexibility index (Phi) is 9.84. The second-order valence-corrected chi connectivity index (χ2v) is 10.7. The maximum atomic E-state index is 15.2. The van der Waals surface area contributed by atoms with Gasteiger partial charge in [0.1, 0.15) is 29.0 Å². The molecule has 0 amide bonds. The predicted molar refractivity (Wildman–Crippen MR) is 161 cm³/mol. The van der Waals surface area contributed by atoms with Crippen LogP contribution in [-0.2, 0) is 5.60 Å². The van der Waals surface area contributed by atoms with Crippen molar-refractivity contribution in [3.05, 3.63) is 75.4 Å². The van der Waals surface area contributed by atoms with Gasteiger partial charge in [-0.2, -0.15) is 5.10 Å². The number of H-pyrrole nitrogens is 1. The Bertz CT molecular complexity index is 1360. The number of halogens is 2. The van der Waals surface area contributed by atoms with E-state index >= 15 is 8.78 Å². The third-order valence-electron chi connectivity index (χ3n) is 7.04. The van der Waals surface area contributed by atoms with Gasteiger partial charge in [-0.1, -0.05) is 18.6 Å². The molecule has 9 heteroatoms. The zero-order valence-corrected chi connectivity index (χ0v) is 25.1. The van der Waals surface area contributed by atoms with Gasteiger partial charge in [-0.15, -0.1) is 0 Å². The van der Waals surface area contributed by atoms with Crippen LogP contribution in [-0.4, -0.2) is 34.4 Å². The van der Waals surface area contributed by atoms with E-state index in [9.17, 15) is 5.11 Å². The molecule has 0 bridgehead atoms. The second-order valence-electron chi connectivity index (χ2n) is 10.7. The van der Waals surface area contributed by atoms with Crippen LogP contribution in [0.25, 0.3) is 0 Å². The lowest BCUT2D eigenvalue weighted by atomic mass is 9.92. The van der Waals surface area contributed by atoms with Crippen molar-refractivity contribution in [3.63, 3.8) is 0 Å². The number of nitrogens with zero attached hydrogens (tertiary/aromatic N) is 4. The summed E-state index contributed by atoms with van der Waals surface area (Å²) in [7, 11) is 1.57. The van der Waals surface area contributed by atoms with Gasteiger partial charge in [0.15, 0.2) is 5.82 Å². The lowest BCUT2D eigenvalue weighted by Crippen LogP contribution is -2.27. The van der Waals surface area contributed by atoms with E-state index in [1.165, 1.54) is 24.3 Å². The molecule has 7 nitrogen and oxygen atoms in total. The Hall–Kier alpha value is -3.59. The smallest absolute Gasteiger partial charge is 0.153 e. The van der Waals surface area contributed by atoms with Crippen molar-refractivity contribution in [2.45, 2.75) is 80.3 Å². The molecule has 2 aromatic rings. The number of benzene rings is 1. The number of aryl methyl sites for hydroxylation is 1. The van der Waals surface area contributed by atoms with E-state index < -0.39 is 17.2 Å². The van der Waals surface area contributed by atoms with Gasteiger partial charge < -0.3 is 15.3 Å². The number of anilines is 2. The van der Waals surface area contributed by atoms with E-state index in [4.69, 9.17) is 4.99 Å². The maximum absolute atomic E-state index is 15.2. The summed E-state index contributed by atoms with van der Waals surface area (Å²) in [5, 5.41) is 21.0. The number of aromatic nitrogens is 2. The fourth-order valence-electron chi connectivity index (χ4n) is 4.47. The number of rotatable bonds is 10. The van der Waals surface area contributed by atoms with Gasteiger partial charge in [0.2, 0.25) is 0 Å². The minimum Gasteiger partial charge on any atom is -0.386 e. The Morgan fingerprint density at radius 2 is 1.82 bits per heavy atom. The topological polar surface area (TPSA) is 88.9 Å². The van der Waals surface area contributed by atoms with Crippen LogP contribution in [0, 0.1) is 24.5 Å². The monoisotopic (exact) mass is 552 g/mol. The van der Waals surface area contributed by atoms with Gasteiger partial charge >= 0.3 is 0 Å². The summed E-state index contributed by atoms with van der Waals surface area (Å²) in [6, 6.07) is 4.20. The van der Waals surface area contributed by atoms with Gasteiger partial charge in [-0.05, 0) is 91.3 Å². The highest BCUT2D eigenvalue weighted by Crippen LogP contribution is 2.45. The molecule has 0 spiro atoms. The maximum Gasteiger partial charge on any atom is 0.153 e. The zero-order valence-electron chi connectivity index (χ0n) is 25.1. The van der Waals surface area contributed by atoms with Crippen molar-refractivity contribution < 1.29 is 13.9 Å². The van der Waals surface area contributed by atoms with Crippen LogP contribution < -0.4 is 10.2 Å². The van der Waals surface area contributed by atoms with Crippen molar-refractivity contribution in [3.8, 4) is 0 Å². The van der Waals surface area contributed by atoms with Gasteiger partial charge in [-0.25, -0.2) is 13.8 Å². The highest BCUT2D eigenvalue weighted by atomic mass is 19.1. The van der Waals surface area contributed by atoms with E-state index in [0.717, 1.165) is 53.9 Å². The third kappa shape index (κ3) is 7.13. The fourth-order valence-corrected chi connectivity index (χ4v) is 4.47. The summed E-state index contributed by atoms with van der Waals surface area (Å²) in [5.41, 5.74) is 3.45. The molecule has 3 rings (SSSR count). The largest absolute Gasteiger partial charge is 0.386 e. The molecular formula is C31H42F2N6O. The van der Waals surface area contributed by atoms with E-state index in [1.54, 1.807) is 20.2 Å². The van der Waals surface area contributed by atoms with Crippen LogP contribution in [0.5, 0.6) is 0 Å². The third-order valence-corrected chi connectivity index (χ3v) is 7.04. The molecule has 1 aliphatic rings. The lowest BCUT2D eigenvalue weighted by molar-refractivity contribution is 0.0779. The van der Waals surface area contributed by atoms with Gasteiger partial charge in [-0.3, -0.25) is 10.1 Å². The molecule has 0 unspecified atom stereocenters. The van der Waals surface area contributed by atoms with Crippen LogP contribution in [0.1, 0.15) is 79.0 Å². The van der Waals surface area contributed by atoms with Crippen molar-refractivity contribution >= 4 is 23.6 Å². The van der Waals surface area contributed by atoms with Gasteiger partial charge in [0.25, 0.3) is 0 Å². The molecule has 3 N–H and O–H groups in total. The Labute approximate surface area is 236 Å². The minimum absolute atomic E-state index is 0.154. The molecule has 1 fully saturated rings. The van der Waals surface area contributed by atoms with Gasteiger partial charge in [0, 0.05) is 36.2 Å². The van der Waals surface area contributed by atoms with Crippen molar-refractivity contribution in [2.24, 2.45) is 15.9 Å². The normalized spacial score (nSPS) is 16.3. The van der Waals surface area contributed by atoms with Crippen LogP contribution in [0.2, 0.25) is 0 Å². The van der Waals surface area contributed by atoms with E-state index in [1.807, 2.05) is 32.9 Å². The average Bonchev–Trinajstić information content (AvgIpc) is 3.64. The molecule has 0 saturated heterocycles. The number of amidine groups is 1. The summed E-state index contributed by atoms with van der Waals surface area (Å²) < 4.78 is 30.5. The molecule has 1 aromatic heterocycles. The first-order chi connectivity index (χ1) is 18.8. The SMILES string of the molecule is CC=NC(=C\C)/C(=C(/C)CC)C(=C(\N=C(/C)N(C)c1c(F)cc(C(C)(C)O)cc1F)Nc1cc(C)[nH]n1)/C1CC1. The molecule has 1 heterocycles. The lowest BCUT2D eigenvalue weighted by Gasteiger charge is -2.25. The Morgan fingerprint density at radius 1 is 1.20 bits per heavy atom. The second kappa shape index (κ2) is 12.7. The number of aliphatic hydroxyl groups is 1. The van der Waals surface area contributed by atoms with Crippen LogP contribution >= 0.6 is 0 Å². The Balaban J connectivity index is 2.25. The summed E-state index contributed by atoms with van der Waals surface area (Å²) in [4.78, 5) is 11.0. The number of aromatic amines is 1. The standard InChI is InChI=1S/C31H42F2N6O/c1-10-18(4)27(25(11-2)34-12-3)28(21-13-14-21)30(36-26-15-19(5)37-38-26)35-20(6)39(9)29-23(32)16-22(17-24(29)33)31(7,8)40/h11-12,15-17,21,40H,10,13-14H2,1-9H3,(H2,36,37,38)/b25-11-,27-18+,30-28+,34-12?,35-20+. The summed E-state index contributed by atoms with van der Waals surface area (Å²) >= 11 is 0. The Morgan fingerprint density at radius 3 is 2.27 bits per heavy atom. The van der Waals surface area contributed by atoms with Crippen molar-refractivity contribution in [1.82, 2.24) is 10.2 Å². The van der Waals surface area contributed by atoms with E-state index in [-0.39, 0.29) is 17.2 Å². The number of allylic oxidation sites excluding steroid dienone is 3. The molecular weight excluding hydrogens is 510 g/mol. The quantitative estimate of drug-likeness (QED) is 0.161.